The summed E-state index contributed by atoms with van der Waals surface area (Å²) in [7, 11) is 1.82. The van der Waals surface area contributed by atoms with Gasteiger partial charge in [0.2, 0.25) is 0 Å². The SMILES string of the molecule is C=C/C=C(/C)NNC. The Labute approximate surface area is 50.3 Å². The Balaban J connectivity index is 3.44. The second kappa shape index (κ2) is 4.40. The third kappa shape index (κ3) is 3.43. The molecule has 0 unspecified atom stereocenters. The summed E-state index contributed by atoms with van der Waals surface area (Å²) in [6.07, 6.45) is 3.62. The first-order valence-electron chi connectivity index (χ1n) is 2.53. The van der Waals surface area contributed by atoms with E-state index < -0.39 is 0 Å². The minimum Gasteiger partial charge on any atom is -0.326 e. The van der Waals surface area contributed by atoms with Crippen LogP contribution in [-0.2, 0) is 0 Å². The fraction of sp³-hybridized carbons (Fsp3) is 0.333. The molecule has 2 nitrogen and oxygen atoms in total. The fourth-order valence-corrected chi connectivity index (χ4v) is 0.416. The van der Waals surface area contributed by atoms with Gasteiger partial charge in [0.25, 0.3) is 0 Å². The number of nitrogens with one attached hydrogen (secondary N) is 2. The Morgan fingerprint density at radius 3 is 2.62 bits per heavy atom. The summed E-state index contributed by atoms with van der Waals surface area (Å²) in [4.78, 5) is 0. The lowest BCUT2D eigenvalue weighted by Gasteiger charge is -2.00. The van der Waals surface area contributed by atoms with Crippen molar-refractivity contribution in [3.63, 3.8) is 0 Å². The van der Waals surface area contributed by atoms with Crippen LogP contribution in [-0.4, -0.2) is 7.05 Å². The van der Waals surface area contributed by atoms with Crippen molar-refractivity contribution in [1.29, 1.82) is 0 Å². The molecule has 0 saturated carbocycles. The molecule has 8 heavy (non-hydrogen) atoms. The van der Waals surface area contributed by atoms with E-state index in [2.05, 4.69) is 17.4 Å². The van der Waals surface area contributed by atoms with Gasteiger partial charge in [-0.1, -0.05) is 12.7 Å². The third-order valence-corrected chi connectivity index (χ3v) is 0.690. The molecule has 0 fully saturated rings. The molecule has 0 aliphatic rings. The predicted molar refractivity (Wildman–Crippen MR) is 36.1 cm³/mol. The zero-order valence-electron chi connectivity index (χ0n) is 5.36. The molecule has 0 heterocycles. The molecule has 0 aromatic carbocycles. The molecule has 0 radical (unpaired) electrons. The second-order valence-corrected chi connectivity index (χ2v) is 1.46. The maximum Gasteiger partial charge on any atom is 0.0230 e. The van der Waals surface area contributed by atoms with E-state index in [1.807, 2.05) is 20.0 Å². The van der Waals surface area contributed by atoms with Crippen molar-refractivity contribution in [2.75, 3.05) is 7.05 Å². The molecule has 0 atom stereocenters. The Morgan fingerprint density at radius 2 is 2.25 bits per heavy atom. The number of allylic oxidation sites excluding steroid dienone is 3. The quantitative estimate of drug-likeness (QED) is 0.417. The molecule has 2 N–H and O–H groups in total. The first-order valence-corrected chi connectivity index (χ1v) is 2.53. The fourth-order valence-electron chi connectivity index (χ4n) is 0.416. The van der Waals surface area contributed by atoms with Crippen molar-refractivity contribution in [3.8, 4) is 0 Å². The van der Waals surface area contributed by atoms with Gasteiger partial charge in [0.1, 0.15) is 0 Å². The average Bonchev–Trinajstić information content (AvgIpc) is 1.68. The zero-order chi connectivity index (χ0) is 6.41. The highest BCUT2D eigenvalue weighted by molar-refractivity contribution is 5.04. The normalized spacial score (nSPS) is 11.0. The lowest BCUT2D eigenvalue weighted by molar-refractivity contribution is 0.690. The van der Waals surface area contributed by atoms with Crippen molar-refractivity contribution in [3.05, 3.63) is 24.4 Å². The van der Waals surface area contributed by atoms with E-state index in [1.54, 1.807) is 6.08 Å². The zero-order valence-corrected chi connectivity index (χ0v) is 5.36. The summed E-state index contributed by atoms with van der Waals surface area (Å²) in [6.45, 7) is 5.50. The van der Waals surface area contributed by atoms with Crippen molar-refractivity contribution in [2.45, 2.75) is 6.92 Å². The summed E-state index contributed by atoms with van der Waals surface area (Å²) >= 11 is 0. The molecule has 0 aliphatic heterocycles. The van der Waals surface area contributed by atoms with Crippen LogP contribution in [0.25, 0.3) is 0 Å². The van der Waals surface area contributed by atoms with Crippen LogP contribution in [0.1, 0.15) is 6.92 Å². The monoisotopic (exact) mass is 112 g/mol. The molecular weight excluding hydrogens is 100 g/mol. The maximum absolute atomic E-state index is 3.54. The van der Waals surface area contributed by atoms with E-state index >= 15 is 0 Å². The molecular formula is C6H12N2. The van der Waals surface area contributed by atoms with Crippen LogP contribution < -0.4 is 10.9 Å². The Kier molecular flexibility index (Phi) is 3.98. The van der Waals surface area contributed by atoms with Crippen molar-refractivity contribution >= 4 is 0 Å². The smallest absolute Gasteiger partial charge is 0.0230 e. The van der Waals surface area contributed by atoms with Crippen LogP contribution >= 0.6 is 0 Å². The lowest BCUT2D eigenvalue weighted by Crippen LogP contribution is -2.24. The predicted octanol–water partition coefficient (Wildman–Crippen LogP) is 0.800. The average molecular weight is 112 g/mol. The minimum absolute atomic E-state index is 1.06. The van der Waals surface area contributed by atoms with Crippen LogP contribution in [0, 0.1) is 0 Å². The topological polar surface area (TPSA) is 24.1 Å². The molecule has 0 aliphatic carbocycles. The van der Waals surface area contributed by atoms with Gasteiger partial charge in [0.05, 0.1) is 0 Å². The summed E-state index contributed by atoms with van der Waals surface area (Å²) < 4.78 is 0. The summed E-state index contributed by atoms with van der Waals surface area (Å²) in [5, 5.41) is 0. The Bertz CT molecular complexity index is 94.7. The van der Waals surface area contributed by atoms with Crippen LogP contribution in [0.15, 0.2) is 24.4 Å². The van der Waals surface area contributed by atoms with Crippen molar-refractivity contribution in [1.82, 2.24) is 10.9 Å². The molecule has 0 amide bonds. The van der Waals surface area contributed by atoms with Gasteiger partial charge in [-0.15, -0.1) is 0 Å². The number of hydrazine groups is 1. The van der Waals surface area contributed by atoms with Crippen molar-refractivity contribution in [2.24, 2.45) is 0 Å². The molecule has 0 aromatic heterocycles. The van der Waals surface area contributed by atoms with Crippen molar-refractivity contribution < 1.29 is 0 Å². The summed E-state index contributed by atoms with van der Waals surface area (Å²) in [5.74, 6) is 0. The number of hydrogen-bond acceptors (Lipinski definition) is 2. The lowest BCUT2D eigenvalue weighted by atomic mass is 10.4. The second-order valence-electron chi connectivity index (χ2n) is 1.46. The molecule has 46 valence electrons. The maximum atomic E-state index is 3.54. The van der Waals surface area contributed by atoms with E-state index in [-0.39, 0.29) is 0 Å². The summed E-state index contributed by atoms with van der Waals surface area (Å²) in [6, 6.07) is 0. The van der Waals surface area contributed by atoms with E-state index in [4.69, 9.17) is 0 Å². The van der Waals surface area contributed by atoms with Crippen LogP contribution in [0.3, 0.4) is 0 Å². The largest absolute Gasteiger partial charge is 0.326 e. The Morgan fingerprint density at radius 1 is 1.62 bits per heavy atom. The van der Waals surface area contributed by atoms with E-state index in [9.17, 15) is 0 Å². The highest BCUT2D eigenvalue weighted by Crippen LogP contribution is 1.81. The molecule has 0 rings (SSSR count). The summed E-state index contributed by atoms with van der Waals surface area (Å²) in [5.41, 5.74) is 6.73. The van der Waals surface area contributed by atoms with E-state index in [0.29, 0.717) is 0 Å². The highest BCUT2D eigenvalue weighted by atomic mass is 15.3. The van der Waals surface area contributed by atoms with Crippen LogP contribution in [0.2, 0.25) is 0 Å². The van der Waals surface area contributed by atoms with Gasteiger partial charge in [0.15, 0.2) is 0 Å². The van der Waals surface area contributed by atoms with Gasteiger partial charge in [0, 0.05) is 12.7 Å². The highest BCUT2D eigenvalue weighted by Gasteiger charge is 1.75. The standard InChI is InChI=1S/C6H12N2/c1-4-5-6(2)8-7-3/h4-5,7-8H,1H2,2-3H3/b6-5-. The third-order valence-electron chi connectivity index (χ3n) is 0.690. The molecule has 0 bridgehead atoms. The van der Waals surface area contributed by atoms with E-state index in [1.165, 1.54) is 0 Å². The Hall–Kier alpha value is -0.760. The minimum atomic E-state index is 1.06. The first kappa shape index (κ1) is 7.24. The van der Waals surface area contributed by atoms with Gasteiger partial charge in [-0.3, -0.25) is 0 Å². The molecule has 0 saturated heterocycles. The number of hydrogen-bond donors (Lipinski definition) is 2. The molecule has 0 aromatic rings. The molecule has 0 spiro atoms. The van der Waals surface area contributed by atoms with Crippen LogP contribution in [0.5, 0.6) is 0 Å². The van der Waals surface area contributed by atoms with Gasteiger partial charge in [-0.05, 0) is 13.0 Å². The first-order chi connectivity index (χ1) is 3.81. The van der Waals surface area contributed by atoms with Gasteiger partial charge >= 0.3 is 0 Å². The van der Waals surface area contributed by atoms with E-state index in [0.717, 1.165) is 5.70 Å². The van der Waals surface area contributed by atoms with Crippen LogP contribution in [0.4, 0.5) is 0 Å². The van der Waals surface area contributed by atoms with Gasteiger partial charge in [-0.2, -0.15) is 0 Å². The van der Waals surface area contributed by atoms with Gasteiger partial charge in [-0.25, -0.2) is 5.43 Å². The molecule has 2 heteroatoms. The van der Waals surface area contributed by atoms with Gasteiger partial charge < -0.3 is 5.43 Å². The number of rotatable bonds is 3.